The van der Waals surface area contributed by atoms with Gasteiger partial charge in [0.1, 0.15) is 0 Å². The van der Waals surface area contributed by atoms with Crippen LogP contribution in [0.15, 0.2) is 77.7 Å². The van der Waals surface area contributed by atoms with E-state index in [1.54, 1.807) is 18.2 Å². The van der Waals surface area contributed by atoms with E-state index in [0.717, 1.165) is 12.1 Å². The number of anilines is 2. The van der Waals surface area contributed by atoms with E-state index in [1.165, 1.54) is 42.5 Å². The van der Waals surface area contributed by atoms with E-state index in [0.29, 0.717) is 0 Å². The Balaban J connectivity index is 1.71. The van der Waals surface area contributed by atoms with Crippen molar-refractivity contribution < 1.29 is 22.0 Å². The van der Waals surface area contributed by atoms with Crippen LogP contribution in [0.2, 0.25) is 0 Å². The molecule has 3 aromatic carbocycles. The highest BCUT2D eigenvalue weighted by atomic mass is 32.2. The maximum Gasteiger partial charge on any atom is 0.261 e. The van der Waals surface area contributed by atoms with E-state index < -0.39 is 27.6 Å². The summed E-state index contributed by atoms with van der Waals surface area (Å²) < 4.78 is 53.1. The Bertz CT molecular complexity index is 1070. The van der Waals surface area contributed by atoms with Crippen molar-refractivity contribution in [2.75, 3.05) is 10.0 Å². The lowest BCUT2D eigenvalue weighted by Gasteiger charge is -2.09. The van der Waals surface area contributed by atoms with Gasteiger partial charge in [-0.15, -0.1) is 0 Å². The van der Waals surface area contributed by atoms with Crippen LogP contribution in [0, 0.1) is 11.6 Å². The molecule has 0 atom stereocenters. The van der Waals surface area contributed by atoms with E-state index in [2.05, 4.69) is 10.0 Å². The van der Waals surface area contributed by atoms with Crippen LogP contribution < -0.4 is 10.0 Å². The Morgan fingerprint density at radius 1 is 0.778 bits per heavy atom. The second-order valence-corrected chi connectivity index (χ2v) is 7.26. The minimum Gasteiger partial charge on any atom is -0.322 e. The van der Waals surface area contributed by atoms with Crippen LogP contribution in [0.25, 0.3) is 0 Å². The molecular formula is C19H14F2N2O3S. The molecule has 0 aliphatic carbocycles. The van der Waals surface area contributed by atoms with Crippen molar-refractivity contribution in [1.82, 2.24) is 0 Å². The Labute approximate surface area is 154 Å². The fourth-order valence-corrected chi connectivity index (χ4v) is 3.36. The smallest absolute Gasteiger partial charge is 0.261 e. The summed E-state index contributed by atoms with van der Waals surface area (Å²) in [7, 11) is -3.73. The number of nitrogens with one attached hydrogen (secondary N) is 2. The molecule has 138 valence electrons. The Morgan fingerprint density at radius 3 is 2.04 bits per heavy atom. The number of amides is 1. The standard InChI is InChI=1S/C19H14F2N2O3S/c20-17-11-10-15(12-18(17)21)22-19(24)13-6-8-14(9-7-13)23-27(25,26)16-4-2-1-3-5-16/h1-12,23H,(H,22,24). The number of halogens is 2. The van der Waals surface area contributed by atoms with E-state index in [4.69, 9.17) is 0 Å². The molecule has 0 bridgehead atoms. The first-order valence-corrected chi connectivity index (χ1v) is 9.28. The zero-order valence-corrected chi connectivity index (χ0v) is 14.6. The third-order valence-corrected chi connectivity index (χ3v) is 5.03. The van der Waals surface area contributed by atoms with E-state index in [-0.39, 0.29) is 21.8 Å². The number of benzene rings is 3. The van der Waals surface area contributed by atoms with Gasteiger partial charge in [0, 0.05) is 23.0 Å². The molecule has 5 nitrogen and oxygen atoms in total. The maximum atomic E-state index is 13.2. The second kappa shape index (κ2) is 7.55. The highest BCUT2D eigenvalue weighted by Crippen LogP contribution is 2.18. The van der Waals surface area contributed by atoms with Gasteiger partial charge < -0.3 is 5.32 Å². The lowest BCUT2D eigenvalue weighted by molar-refractivity contribution is 0.102. The van der Waals surface area contributed by atoms with Crippen LogP contribution in [0.1, 0.15) is 10.4 Å². The molecule has 0 radical (unpaired) electrons. The number of carbonyl (C=O) groups excluding carboxylic acids is 1. The first kappa shape index (κ1) is 18.5. The third kappa shape index (κ3) is 4.48. The highest BCUT2D eigenvalue weighted by Gasteiger charge is 2.14. The van der Waals surface area contributed by atoms with Crippen LogP contribution in [-0.4, -0.2) is 14.3 Å². The fraction of sp³-hybridized carbons (Fsp3) is 0. The zero-order valence-electron chi connectivity index (χ0n) is 13.8. The summed E-state index contributed by atoms with van der Waals surface area (Å²) in [5, 5.41) is 2.44. The summed E-state index contributed by atoms with van der Waals surface area (Å²) in [5.74, 6) is -2.63. The minimum absolute atomic E-state index is 0.104. The van der Waals surface area contributed by atoms with E-state index in [9.17, 15) is 22.0 Å². The molecule has 0 unspecified atom stereocenters. The molecular weight excluding hydrogens is 374 g/mol. The van der Waals surface area contributed by atoms with Crippen molar-refractivity contribution in [3.63, 3.8) is 0 Å². The predicted octanol–water partition coefficient (Wildman–Crippen LogP) is 4.02. The van der Waals surface area contributed by atoms with E-state index in [1.807, 2.05) is 0 Å². The number of hydrogen-bond donors (Lipinski definition) is 2. The van der Waals surface area contributed by atoms with Gasteiger partial charge in [-0.25, -0.2) is 17.2 Å². The van der Waals surface area contributed by atoms with Gasteiger partial charge in [0.2, 0.25) is 0 Å². The second-order valence-electron chi connectivity index (χ2n) is 5.58. The fourth-order valence-electron chi connectivity index (χ4n) is 2.28. The number of carbonyl (C=O) groups is 1. The van der Waals surface area contributed by atoms with Crippen molar-refractivity contribution in [3.8, 4) is 0 Å². The monoisotopic (exact) mass is 388 g/mol. The molecule has 8 heteroatoms. The maximum absolute atomic E-state index is 13.2. The van der Waals surface area contributed by atoms with Gasteiger partial charge in [-0.3, -0.25) is 9.52 Å². The lowest BCUT2D eigenvalue weighted by Crippen LogP contribution is -2.14. The molecule has 0 heterocycles. The van der Waals surface area contributed by atoms with Gasteiger partial charge >= 0.3 is 0 Å². The molecule has 3 rings (SSSR count). The number of rotatable bonds is 5. The molecule has 27 heavy (non-hydrogen) atoms. The summed E-state index contributed by atoms with van der Waals surface area (Å²) in [6.45, 7) is 0. The first-order chi connectivity index (χ1) is 12.8. The largest absolute Gasteiger partial charge is 0.322 e. The molecule has 3 aromatic rings. The summed E-state index contributed by atoms with van der Waals surface area (Å²) >= 11 is 0. The Kier molecular flexibility index (Phi) is 5.18. The van der Waals surface area contributed by atoms with Crippen LogP contribution >= 0.6 is 0 Å². The molecule has 0 aromatic heterocycles. The molecule has 0 saturated carbocycles. The van der Waals surface area contributed by atoms with Crippen molar-refractivity contribution in [3.05, 3.63) is 90.0 Å². The molecule has 0 spiro atoms. The van der Waals surface area contributed by atoms with Crippen LogP contribution in [0.5, 0.6) is 0 Å². The summed E-state index contributed by atoms with van der Waals surface area (Å²) in [6.07, 6.45) is 0. The minimum atomic E-state index is -3.73. The number of sulfonamides is 1. The van der Waals surface area contributed by atoms with Gasteiger partial charge in [0.15, 0.2) is 11.6 Å². The van der Waals surface area contributed by atoms with Gasteiger partial charge in [-0.1, -0.05) is 18.2 Å². The van der Waals surface area contributed by atoms with Crippen LogP contribution in [0.4, 0.5) is 20.2 Å². The normalized spacial score (nSPS) is 11.0. The highest BCUT2D eigenvalue weighted by molar-refractivity contribution is 7.92. The van der Waals surface area contributed by atoms with Crippen molar-refractivity contribution in [1.29, 1.82) is 0 Å². The molecule has 2 N–H and O–H groups in total. The third-order valence-electron chi connectivity index (χ3n) is 3.63. The van der Waals surface area contributed by atoms with Crippen LogP contribution in [0.3, 0.4) is 0 Å². The van der Waals surface area contributed by atoms with Gasteiger partial charge in [-0.05, 0) is 48.5 Å². The molecule has 0 aliphatic heterocycles. The Hall–Kier alpha value is -3.26. The van der Waals surface area contributed by atoms with Crippen molar-refractivity contribution >= 4 is 27.3 Å². The molecule has 0 fully saturated rings. The zero-order chi connectivity index (χ0) is 19.4. The summed E-state index contributed by atoms with van der Waals surface area (Å²) in [5.41, 5.74) is 0.610. The van der Waals surface area contributed by atoms with Crippen molar-refractivity contribution in [2.45, 2.75) is 4.90 Å². The molecule has 0 aliphatic rings. The topological polar surface area (TPSA) is 75.3 Å². The van der Waals surface area contributed by atoms with Gasteiger partial charge in [-0.2, -0.15) is 0 Å². The SMILES string of the molecule is O=C(Nc1ccc(F)c(F)c1)c1ccc(NS(=O)(=O)c2ccccc2)cc1. The predicted molar refractivity (Wildman–Crippen MR) is 98.0 cm³/mol. The van der Waals surface area contributed by atoms with Crippen molar-refractivity contribution in [2.24, 2.45) is 0 Å². The van der Waals surface area contributed by atoms with Crippen LogP contribution in [-0.2, 0) is 10.0 Å². The quantitative estimate of drug-likeness (QED) is 0.693. The lowest BCUT2D eigenvalue weighted by atomic mass is 10.2. The first-order valence-electron chi connectivity index (χ1n) is 7.79. The Morgan fingerprint density at radius 2 is 1.41 bits per heavy atom. The summed E-state index contributed by atoms with van der Waals surface area (Å²) in [6, 6.07) is 16.6. The molecule has 1 amide bonds. The average molecular weight is 388 g/mol. The van der Waals surface area contributed by atoms with E-state index >= 15 is 0 Å². The average Bonchev–Trinajstić information content (AvgIpc) is 2.66. The van der Waals surface area contributed by atoms with Gasteiger partial charge in [0.25, 0.3) is 15.9 Å². The number of hydrogen-bond acceptors (Lipinski definition) is 3. The summed E-state index contributed by atoms with van der Waals surface area (Å²) in [4.78, 5) is 12.3. The molecule has 0 saturated heterocycles. The van der Waals surface area contributed by atoms with Gasteiger partial charge in [0.05, 0.1) is 4.90 Å².